The minimum absolute atomic E-state index is 0.0726. The molecule has 26 heavy (non-hydrogen) atoms. The molecule has 0 saturated carbocycles. The Bertz CT molecular complexity index is 1020. The van der Waals surface area contributed by atoms with E-state index in [0.717, 1.165) is 12.8 Å². The summed E-state index contributed by atoms with van der Waals surface area (Å²) in [5.74, 6) is 0.580. The second kappa shape index (κ2) is 6.09. The number of rotatable bonds is 2. The lowest BCUT2D eigenvalue weighted by Gasteiger charge is -2.40. The van der Waals surface area contributed by atoms with Gasteiger partial charge in [-0.05, 0) is 25.3 Å². The van der Waals surface area contributed by atoms with Crippen molar-refractivity contribution in [1.82, 2.24) is 24.5 Å². The molecule has 1 aromatic carbocycles. The molecule has 1 N–H and O–H groups in total. The van der Waals surface area contributed by atoms with Crippen molar-refractivity contribution >= 4 is 11.7 Å². The summed E-state index contributed by atoms with van der Waals surface area (Å²) in [7, 11) is 0. The maximum absolute atomic E-state index is 13.0. The van der Waals surface area contributed by atoms with Crippen LogP contribution in [0.1, 0.15) is 41.5 Å². The average molecular weight is 351 g/mol. The molecule has 0 aliphatic carbocycles. The first kappa shape index (κ1) is 16.5. The van der Waals surface area contributed by atoms with E-state index in [1.54, 1.807) is 11.8 Å². The van der Waals surface area contributed by atoms with Gasteiger partial charge in [0.25, 0.3) is 17.2 Å². The van der Waals surface area contributed by atoms with Gasteiger partial charge >= 0.3 is 0 Å². The molecular weight excluding hydrogens is 330 g/mol. The molecule has 1 aliphatic rings. The largest absolute Gasteiger partial charge is 0.338 e. The topological polar surface area (TPSA) is 83.4 Å². The second-order valence-corrected chi connectivity index (χ2v) is 7.18. The molecule has 0 radical (unpaired) electrons. The summed E-state index contributed by atoms with van der Waals surface area (Å²) in [6, 6.07) is 10.2. The van der Waals surface area contributed by atoms with Gasteiger partial charge in [-0.2, -0.15) is 9.50 Å². The number of fused-ring (bicyclic) bond motifs is 1. The van der Waals surface area contributed by atoms with Crippen molar-refractivity contribution in [3.05, 3.63) is 63.8 Å². The zero-order valence-corrected chi connectivity index (χ0v) is 14.9. The summed E-state index contributed by atoms with van der Waals surface area (Å²) in [4.78, 5) is 35.7. The maximum Gasteiger partial charge on any atom is 0.286 e. The Balaban J connectivity index is 1.66. The number of amides is 1. The second-order valence-electron chi connectivity index (χ2n) is 7.18. The molecule has 1 amide bonds. The fraction of sp³-hybridized carbons (Fsp3) is 0.368. The van der Waals surface area contributed by atoms with Gasteiger partial charge in [-0.15, -0.1) is 0 Å². The molecule has 0 spiro atoms. The molecule has 0 unspecified atom stereocenters. The number of likely N-dealkylation sites (tertiary alicyclic amines) is 1. The molecule has 4 rings (SSSR count). The third kappa shape index (κ3) is 2.69. The number of carbonyl (C=O) groups excluding carboxylic acids is 1. The molecule has 1 saturated heterocycles. The van der Waals surface area contributed by atoms with Gasteiger partial charge in [-0.25, -0.2) is 4.98 Å². The van der Waals surface area contributed by atoms with Crippen LogP contribution in [0.4, 0.5) is 0 Å². The summed E-state index contributed by atoms with van der Waals surface area (Å²) in [5.41, 5.74) is 0.760. The highest BCUT2D eigenvalue weighted by atomic mass is 16.2. The number of piperidine rings is 1. The number of carbonyl (C=O) groups is 1. The lowest BCUT2D eigenvalue weighted by molar-refractivity contribution is 0.0648. The smallest absolute Gasteiger partial charge is 0.286 e. The van der Waals surface area contributed by atoms with E-state index in [0.29, 0.717) is 18.9 Å². The van der Waals surface area contributed by atoms with E-state index in [2.05, 4.69) is 34.1 Å². The first-order chi connectivity index (χ1) is 12.5. The Morgan fingerprint density at radius 2 is 2.04 bits per heavy atom. The first-order valence-electron chi connectivity index (χ1n) is 8.77. The molecule has 134 valence electrons. The van der Waals surface area contributed by atoms with Crippen molar-refractivity contribution in [3.63, 3.8) is 0 Å². The van der Waals surface area contributed by atoms with E-state index in [4.69, 9.17) is 0 Å². The zero-order valence-electron chi connectivity index (χ0n) is 14.9. The summed E-state index contributed by atoms with van der Waals surface area (Å²) >= 11 is 0. The number of hydrogen-bond acceptors (Lipinski definition) is 4. The number of aromatic nitrogens is 4. The molecule has 3 heterocycles. The van der Waals surface area contributed by atoms with Crippen molar-refractivity contribution in [3.8, 4) is 0 Å². The Labute approximate surface area is 150 Å². The van der Waals surface area contributed by atoms with Crippen molar-refractivity contribution in [2.24, 2.45) is 0 Å². The number of benzene rings is 1. The van der Waals surface area contributed by atoms with Crippen LogP contribution in [0.3, 0.4) is 0 Å². The zero-order chi connectivity index (χ0) is 18.3. The number of aromatic amines is 1. The molecule has 2 aromatic heterocycles. The highest BCUT2D eigenvalue weighted by molar-refractivity contribution is 5.93. The van der Waals surface area contributed by atoms with Gasteiger partial charge in [-0.3, -0.25) is 14.7 Å². The van der Waals surface area contributed by atoms with Crippen molar-refractivity contribution in [2.75, 3.05) is 13.1 Å². The number of nitrogens with one attached hydrogen (secondary N) is 1. The van der Waals surface area contributed by atoms with Gasteiger partial charge in [0, 0.05) is 24.7 Å². The summed E-state index contributed by atoms with van der Waals surface area (Å²) in [5, 5.41) is 2.83. The molecule has 1 fully saturated rings. The molecule has 1 atom stereocenters. The van der Waals surface area contributed by atoms with Gasteiger partial charge in [0.05, 0.1) is 0 Å². The Kier molecular flexibility index (Phi) is 3.86. The number of hydrogen-bond donors (Lipinski definition) is 1. The third-order valence-electron chi connectivity index (χ3n) is 5.17. The average Bonchev–Trinajstić information content (AvgIpc) is 3.04. The van der Waals surface area contributed by atoms with Gasteiger partial charge in [0.15, 0.2) is 0 Å². The van der Waals surface area contributed by atoms with Crippen LogP contribution in [0, 0.1) is 6.92 Å². The standard InChI is InChI=1S/C19H21N5O2/c1-13-21-18-20-11-15(17(26)24(18)22-13)16(25)23-10-6-9-19(2,12-23)14-7-4-3-5-8-14/h3-5,7-8,11H,6,9-10,12H2,1-2H3,(H,20,21,22)/t19-/m0/s1. The van der Waals surface area contributed by atoms with Crippen LogP contribution in [0.25, 0.3) is 5.78 Å². The highest BCUT2D eigenvalue weighted by Gasteiger charge is 2.35. The summed E-state index contributed by atoms with van der Waals surface area (Å²) < 4.78 is 1.23. The minimum Gasteiger partial charge on any atom is -0.338 e. The van der Waals surface area contributed by atoms with E-state index in [1.165, 1.54) is 16.3 Å². The van der Waals surface area contributed by atoms with Crippen LogP contribution in [0.5, 0.6) is 0 Å². The van der Waals surface area contributed by atoms with Crippen molar-refractivity contribution in [1.29, 1.82) is 0 Å². The van der Waals surface area contributed by atoms with Crippen LogP contribution in [-0.2, 0) is 5.41 Å². The lowest BCUT2D eigenvalue weighted by Crippen LogP contribution is -2.48. The highest BCUT2D eigenvalue weighted by Crippen LogP contribution is 2.33. The summed E-state index contributed by atoms with van der Waals surface area (Å²) in [6.07, 6.45) is 3.25. The number of aryl methyl sites for hydroxylation is 1. The Morgan fingerprint density at radius 3 is 2.81 bits per heavy atom. The normalized spacial score (nSPS) is 20.5. The molecule has 1 aliphatic heterocycles. The Hall–Kier alpha value is -2.96. The molecule has 3 aromatic rings. The monoisotopic (exact) mass is 351 g/mol. The van der Waals surface area contributed by atoms with Crippen molar-refractivity contribution < 1.29 is 4.79 Å². The lowest BCUT2D eigenvalue weighted by atomic mass is 9.76. The number of nitrogens with zero attached hydrogens (tertiary/aromatic N) is 4. The molecular formula is C19H21N5O2. The Morgan fingerprint density at radius 1 is 1.27 bits per heavy atom. The molecule has 7 heteroatoms. The third-order valence-corrected chi connectivity index (χ3v) is 5.17. The van der Waals surface area contributed by atoms with E-state index < -0.39 is 5.56 Å². The van der Waals surface area contributed by atoms with Crippen LogP contribution in [-0.4, -0.2) is 43.5 Å². The predicted octanol–water partition coefficient (Wildman–Crippen LogP) is 1.92. The van der Waals surface area contributed by atoms with Crippen molar-refractivity contribution in [2.45, 2.75) is 32.1 Å². The fourth-order valence-electron chi connectivity index (χ4n) is 3.77. The summed E-state index contributed by atoms with van der Waals surface area (Å²) in [6.45, 7) is 5.14. The van der Waals surface area contributed by atoms with E-state index in [9.17, 15) is 9.59 Å². The van der Waals surface area contributed by atoms with E-state index >= 15 is 0 Å². The van der Waals surface area contributed by atoms with Crippen LogP contribution in [0.2, 0.25) is 0 Å². The molecule has 7 nitrogen and oxygen atoms in total. The van der Waals surface area contributed by atoms with Crippen LogP contribution < -0.4 is 5.56 Å². The SMILES string of the molecule is Cc1nc2ncc(C(=O)N3CCC[C@](C)(c4ccccc4)C3)c(=O)n2[nH]1. The van der Waals surface area contributed by atoms with Gasteiger partial charge < -0.3 is 4.90 Å². The van der Waals surface area contributed by atoms with E-state index in [-0.39, 0.29) is 22.7 Å². The number of H-pyrrole nitrogens is 1. The van der Waals surface area contributed by atoms with Crippen LogP contribution in [0.15, 0.2) is 41.3 Å². The first-order valence-corrected chi connectivity index (χ1v) is 8.77. The maximum atomic E-state index is 13.0. The van der Waals surface area contributed by atoms with E-state index in [1.807, 2.05) is 18.2 Å². The fourth-order valence-corrected chi connectivity index (χ4v) is 3.77. The van der Waals surface area contributed by atoms with Gasteiger partial charge in [-0.1, -0.05) is 37.3 Å². The quantitative estimate of drug-likeness (QED) is 0.765. The predicted molar refractivity (Wildman–Crippen MR) is 97.3 cm³/mol. The minimum atomic E-state index is -0.410. The van der Waals surface area contributed by atoms with Crippen LogP contribution >= 0.6 is 0 Å². The van der Waals surface area contributed by atoms with Gasteiger partial charge in [0.2, 0.25) is 0 Å². The molecule has 0 bridgehead atoms. The van der Waals surface area contributed by atoms with Gasteiger partial charge in [0.1, 0.15) is 11.4 Å².